The molecule has 0 aliphatic rings. The molecule has 2 N–H and O–H groups in total. The van der Waals surface area contributed by atoms with Crippen LogP contribution in [0.1, 0.15) is 24.9 Å². The molecule has 1 atom stereocenters. The lowest BCUT2D eigenvalue weighted by molar-refractivity contribution is 0.326. The highest BCUT2D eigenvalue weighted by atomic mass is 16.5. The van der Waals surface area contributed by atoms with Crippen LogP contribution in [0.3, 0.4) is 0 Å². The van der Waals surface area contributed by atoms with E-state index in [1.165, 1.54) is 0 Å². The van der Waals surface area contributed by atoms with Crippen molar-refractivity contribution >= 4 is 0 Å². The van der Waals surface area contributed by atoms with Crippen molar-refractivity contribution in [3.05, 3.63) is 36.5 Å². The summed E-state index contributed by atoms with van der Waals surface area (Å²) in [6.07, 6.45) is 4.32. The molecular formula is C11H16N2O. The van der Waals surface area contributed by atoms with Crippen molar-refractivity contribution in [1.82, 2.24) is 4.98 Å². The molecule has 0 unspecified atom stereocenters. The highest BCUT2D eigenvalue weighted by molar-refractivity contribution is 5.20. The standard InChI is InChI=1S/C11H16N2O/c1-3-5-10(12)9-6-7-11(13-8-9)14-4-2/h3,6-8,10H,1,4-5,12H2,2H3/t10-/m1/s1. The summed E-state index contributed by atoms with van der Waals surface area (Å²) in [5, 5.41) is 0. The molecule has 3 heteroatoms. The van der Waals surface area contributed by atoms with E-state index in [9.17, 15) is 0 Å². The second-order valence-corrected chi connectivity index (χ2v) is 2.99. The van der Waals surface area contributed by atoms with Crippen LogP contribution < -0.4 is 10.5 Å². The van der Waals surface area contributed by atoms with Gasteiger partial charge in [0, 0.05) is 18.3 Å². The Bertz CT molecular complexity index is 282. The van der Waals surface area contributed by atoms with Crippen LogP contribution in [-0.4, -0.2) is 11.6 Å². The monoisotopic (exact) mass is 192 g/mol. The quantitative estimate of drug-likeness (QED) is 0.726. The third kappa shape index (κ3) is 2.85. The average molecular weight is 192 g/mol. The molecule has 1 aromatic rings. The number of pyridine rings is 1. The zero-order valence-corrected chi connectivity index (χ0v) is 8.44. The molecule has 0 fully saturated rings. The Morgan fingerprint density at radius 1 is 1.64 bits per heavy atom. The van der Waals surface area contributed by atoms with E-state index < -0.39 is 0 Å². The molecule has 0 saturated carbocycles. The summed E-state index contributed by atoms with van der Waals surface area (Å²) in [7, 11) is 0. The minimum atomic E-state index is -0.0179. The lowest BCUT2D eigenvalue weighted by atomic mass is 10.1. The van der Waals surface area contributed by atoms with Crippen molar-refractivity contribution < 1.29 is 4.74 Å². The Kier molecular flexibility index (Phi) is 4.13. The molecule has 0 saturated heterocycles. The van der Waals surface area contributed by atoms with E-state index in [0.717, 1.165) is 12.0 Å². The van der Waals surface area contributed by atoms with Crippen molar-refractivity contribution in [2.75, 3.05) is 6.61 Å². The molecule has 0 radical (unpaired) electrons. The molecule has 0 amide bonds. The normalized spacial score (nSPS) is 12.1. The Labute approximate surface area is 84.6 Å². The zero-order valence-electron chi connectivity index (χ0n) is 8.44. The molecule has 76 valence electrons. The van der Waals surface area contributed by atoms with E-state index in [1.54, 1.807) is 12.3 Å². The predicted molar refractivity (Wildman–Crippen MR) is 57.1 cm³/mol. The maximum Gasteiger partial charge on any atom is 0.213 e. The first kappa shape index (κ1) is 10.7. The Hall–Kier alpha value is -1.35. The minimum Gasteiger partial charge on any atom is -0.478 e. The Morgan fingerprint density at radius 3 is 2.93 bits per heavy atom. The van der Waals surface area contributed by atoms with Crippen LogP contribution in [0.25, 0.3) is 0 Å². The maximum atomic E-state index is 5.88. The van der Waals surface area contributed by atoms with Crippen LogP contribution >= 0.6 is 0 Å². The van der Waals surface area contributed by atoms with E-state index >= 15 is 0 Å². The van der Waals surface area contributed by atoms with Gasteiger partial charge in [0.05, 0.1) is 6.61 Å². The first-order valence-corrected chi connectivity index (χ1v) is 4.73. The lowest BCUT2D eigenvalue weighted by Gasteiger charge is -2.09. The highest BCUT2D eigenvalue weighted by Crippen LogP contribution is 2.15. The molecule has 14 heavy (non-hydrogen) atoms. The van der Waals surface area contributed by atoms with Gasteiger partial charge in [-0.15, -0.1) is 6.58 Å². The first-order chi connectivity index (χ1) is 6.77. The predicted octanol–water partition coefficient (Wildman–Crippen LogP) is 2.06. The molecule has 3 nitrogen and oxygen atoms in total. The Balaban J connectivity index is 2.67. The van der Waals surface area contributed by atoms with Gasteiger partial charge in [0.15, 0.2) is 0 Å². The third-order valence-corrected chi connectivity index (χ3v) is 1.90. The number of nitrogens with two attached hydrogens (primary N) is 1. The molecule has 1 rings (SSSR count). The van der Waals surface area contributed by atoms with Gasteiger partial charge in [-0.3, -0.25) is 0 Å². The van der Waals surface area contributed by atoms with E-state index in [2.05, 4.69) is 11.6 Å². The highest BCUT2D eigenvalue weighted by Gasteiger charge is 2.04. The van der Waals surface area contributed by atoms with Gasteiger partial charge in [0.25, 0.3) is 0 Å². The number of ether oxygens (including phenoxy) is 1. The van der Waals surface area contributed by atoms with Gasteiger partial charge in [-0.2, -0.15) is 0 Å². The summed E-state index contributed by atoms with van der Waals surface area (Å²) < 4.78 is 5.23. The number of aromatic nitrogens is 1. The number of rotatable bonds is 5. The fourth-order valence-corrected chi connectivity index (χ4v) is 1.16. The largest absolute Gasteiger partial charge is 0.478 e. The SMILES string of the molecule is C=CC[C@@H](N)c1ccc(OCC)nc1. The third-order valence-electron chi connectivity index (χ3n) is 1.90. The topological polar surface area (TPSA) is 48.1 Å². The molecule has 0 spiro atoms. The second kappa shape index (κ2) is 5.40. The molecule has 0 bridgehead atoms. The first-order valence-electron chi connectivity index (χ1n) is 4.73. The smallest absolute Gasteiger partial charge is 0.213 e. The second-order valence-electron chi connectivity index (χ2n) is 2.99. The van der Waals surface area contributed by atoms with Crippen molar-refractivity contribution in [3.8, 4) is 5.88 Å². The summed E-state index contributed by atoms with van der Waals surface area (Å²) in [5.41, 5.74) is 6.89. The number of hydrogen-bond donors (Lipinski definition) is 1. The lowest BCUT2D eigenvalue weighted by Crippen LogP contribution is -2.09. The summed E-state index contributed by atoms with van der Waals surface area (Å²) in [4.78, 5) is 4.14. The molecule has 0 aliphatic carbocycles. The van der Waals surface area contributed by atoms with Gasteiger partial charge in [-0.25, -0.2) is 4.98 Å². The van der Waals surface area contributed by atoms with Crippen molar-refractivity contribution in [2.45, 2.75) is 19.4 Å². The van der Waals surface area contributed by atoms with Gasteiger partial charge >= 0.3 is 0 Å². The zero-order chi connectivity index (χ0) is 10.4. The fourth-order valence-electron chi connectivity index (χ4n) is 1.16. The van der Waals surface area contributed by atoms with Crippen LogP contribution in [0.4, 0.5) is 0 Å². The van der Waals surface area contributed by atoms with Gasteiger partial charge in [-0.1, -0.05) is 12.1 Å². The maximum absolute atomic E-state index is 5.88. The van der Waals surface area contributed by atoms with Gasteiger partial charge in [0.1, 0.15) is 0 Å². The average Bonchev–Trinajstić information content (AvgIpc) is 2.20. The van der Waals surface area contributed by atoms with E-state index in [1.807, 2.05) is 19.1 Å². The van der Waals surface area contributed by atoms with Crippen molar-refractivity contribution in [3.63, 3.8) is 0 Å². The number of nitrogens with zero attached hydrogens (tertiary/aromatic N) is 1. The summed E-state index contributed by atoms with van der Waals surface area (Å²) in [5.74, 6) is 0.641. The van der Waals surface area contributed by atoms with E-state index in [4.69, 9.17) is 10.5 Å². The summed E-state index contributed by atoms with van der Waals surface area (Å²) in [6, 6.07) is 3.75. The van der Waals surface area contributed by atoms with Crippen molar-refractivity contribution in [1.29, 1.82) is 0 Å². The number of hydrogen-bond acceptors (Lipinski definition) is 3. The van der Waals surface area contributed by atoms with Crippen LogP contribution in [0.2, 0.25) is 0 Å². The van der Waals surface area contributed by atoms with Crippen LogP contribution in [0, 0.1) is 0 Å². The Morgan fingerprint density at radius 2 is 2.43 bits per heavy atom. The van der Waals surface area contributed by atoms with Crippen LogP contribution in [0.15, 0.2) is 31.0 Å². The summed E-state index contributed by atoms with van der Waals surface area (Å²) >= 11 is 0. The van der Waals surface area contributed by atoms with Gasteiger partial charge in [-0.05, 0) is 18.9 Å². The van der Waals surface area contributed by atoms with E-state index in [0.29, 0.717) is 12.5 Å². The van der Waals surface area contributed by atoms with Crippen molar-refractivity contribution in [2.24, 2.45) is 5.73 Å². The van der Waals surface area contributed by atoms with E-state index in [-0.39, 0.29) is 6.04 Å². The van der Waals surface area contributed by atoms with Gasteiger partial charge < -0.3 is 10.5 Å². The molecule has 0 aliphatic heterocycles. The fraction of sp³-hybridized carbons (Fsp3) is 0.364. The molecular weight excluding hydrogens is 176 g/mol. The van der Waals surface area contributed by atoms with Crippen LogP contribution in [0.5, 0.6) is 5.88 Å². The summed E-state index contributed by atoms with van der Waals surface area (Å²) in [6.45, 7) is 6.21. The van der Waals surface area contributed by atoms with Crippen LogP contribution in [-0.2, 0) is 0 Å². The minimum absolute atomic E-state index is 0.0179. The van der Waals surface area contributed by atoms with Gasteiger partial charge in [0.2, 0.25) is 5.88 Å². The molecule has 1 heterocycles. The molecule has 0 aromatic carbocycles. The molecule has 1 aromatic heterocycles.